The van der Waals surface area contributed by atoms with E-state index in [1.54, 1.807) is 30.5 Å². The number of benzene rings is 1. The molecule has 0 spiro atoms. The Kier molecular flexibility index (Phi) is 4.64. The first-order valence-corrected chi connectivity index (χ1v) is 6.20. The molecule has 102 valence electrons. The molecule has 2 rings (SSSR count). The molecular weight excluding hydrogens is 257 g/mol. The molecule has 1 aromatic heterocycles. The fourth-order valence-electron chi connectivity index (χ4n) is 1.73. The topological polar surface area (TPSA) is 71.9 Å². The van der Waals surface area contributed by atoms with E-state index in [0.29, 0.717) is 24.3 Å². The summed E-state index contributed by atoms with van der Waals surface area (Å²) in [6.07, 6.45) is 2.29. The molecule has 0 saturated carbocycles. The van der Waals surface area contributed by atoms with Crippen LogP contribution in [0, 0.1) is 17.1 Å². The lowest BCUT2D eigenvalue weighted by Crippen LogP contribution is -2.04. The zero-order chi connectivity index (χ0) is 14.4. The number of pyridine rings is 1. The molecule has 2 aromatic rings. The van der Waals surface area contributed by atoms with Gasteiger partial charge in [0.15, 0.2) is 0 Å². The number of hydrogen-bond donors (Lipinski definition) is 1. The van der Waals surface area contributed by atoms with Gasteiger partial charge in [0.05, 0.1) is 11.8 Å². The molecule has 0 saturated heterocycles. The van der Waals surface area contributed by atoms with Gasteiger partial charge < -0.3 is 10.5 Å². The van der Waals surface area contributed by atoms with Gasteiger partial charge in [-0.25, -0.2) is 4.39 Å². The number of halogens is 1. The van der Waals surface area contributed by atoms with E-state index in [1.165, 1.54) is 6.07 Å². The Hall–Kier alpha value is -2.45. The van der Waals surface area contributed by atoms with Crippen molar-refractivity contribution >= 4 is 0 Å². The summed E-state index contributed by atoms with van der Waals surface area (Å²) in [5, 5.41) is 8.76. The molecule has 0 bridgehead atoms. The first kappa shape index (κ1) is 14.0. The van der Waals surface area contributed by atoms with E-state index in [-0.39, 0.29) is 12.2 Å². The largest absolute Gasteiger partial charge is 0.487 e. The summed E-state index contributed by atoms with van der Waals surface area (Å²) in [6.45, 7) is 0.596. The van der Waals surface area contributed by atoms with E-state index < -0.39 is 5.82 Å². The van der Waals surface area contributed by atoms with Crippen LogP contribution in [0.2, 0.25) is 0 Å². The van der Waals surface area contributed by atoms with Crippen molar-refractivity contribution in [2.45, 2.75) is 13.0 Å². The summed E-state index contributed by atoms with van der Waals surface area (Å²) in [5.74, 6) is 0.00948. The van der Waals surface area contributed by atoms with Crippen molar-refractivity contribution in [3.05, 3.63) is 59.2 Å². The van der Waals surface area contributed by atoms with Crippen LogP contribution in [0.1, 0.15) is 16.8 Å². The number of aromatic nitrogens is 1. The van der Waals surface area contributed by atoms with Crippen LogP contribution in [0.15, 0.2) is 36.5 Å². The number of ether oxygens (including phenoxy) is 1. The molecule has 0 amide bonds. The minimum atomic E-state index is -0.539. The van der Waals surface area contributed by atoms with Crippen LogP contribution in [0.3, 0.4) is 0 Å². The van der Waals surface area contributed by atoms with Crippen molar-refractivity contribution in [3.63, 3.8) is 0 Å². The molecule has 20 heavy (non-hydrogen) atoms. The summed E-state index contributed by atoms with van der Waals surface area (Å²) in [7, 11) is 0. The molecule has 0 aliphatic rings. The second kappa shape index (κ2) is 6.64. The van der Waals surface area contributed by atoms with Crippen molar-refractivity contribution in [3.8, 4) is 11.8 Å². The van der Waals surface area contributed by atoms with Gasteiger partial charge in [-0.1, -0.05) is 12.1 Å². The average molecular weight is 271 g/mol. The standard InChI is InChI=1S/C15H14FN3O/c16-15-11(8-18)2-1-3-12(15)10-20-14-5-4-13(6-7-17)19-9-14/h1-5,9H,6-7,10,17H2. The number of rotatable bonds is 5. The van der Waals surface area contributed by atoms with E-state index in [1.807, 2.05) is 6.07 Å². The van der Waals surface area contributed by atoms with Gasteiger partial charge >= 0.3 is 0 Å². The molecule has 0 unspecified atom stereocenters. The predicted molar refractivity (Wildman–Crippen MR) is 72.4 cm³/mol. The summed E-state index contributed by atoms with van der Waals surface area (Å²) in [5.41, 5.74) is 6.68. The minimum absolute atomic E-state index is 0.0162. The second-order valence-corrected chi connectivity index (χ2v) is 4.20. The fourth-order valence-corrected chi connectivity index (χ4v) is 1.73. The Bertz CT molecular complexity index is 620. The van der Waals surface area contributed by atoms with Gasteiger partial charge in [0, 0.05) is 17.7 Å². The molecular formula is C15H14FN3O. The quantitative estimate of drug-likeness (QED) is 0.904. The first-order chi connectivity index (χ1) is 9.74. The molecule has 1 aromatic carbocycles. The van der Waals surface area contributed by atoms with Crippen LogP contribution in [0.4, 0.5) is 4.39 Å². The zero-order valence-corrected chi connectivity index (χ0v) is 10.8. The van der Waals surface area contributed by atoms with Crippen molar-refractivity contribution in [1.29, 1.82) is 5.26 Å². The lowest BCUT2D eigenvalue weighted by atomic mass is 10.1. The van der Waals surface area contributed by atoms with Crippen molar-refractivity contribution < 1.29 is 9.13 Å². The summed E-state index contributed by atoms with van der Waals surface area (Å²) in [6, 6.07) is 10.0. The predicted octanol–water partition coefficient (Wildman–Crippen LogP) is 2.17. The van der Waals surface area contributed by atoms with E-state index in [2.05, 4.69) is 4.98 Å². The van der Waals surface area contributed by atoms with Crippen molar-refractivity contribution in [2.75, 3.05) is 6.54 Å². The number of nitrogens with zero attached hydrogens (tertiary/aromatic N) is 2. The summed E-state index contributed by atoms with van der Waals surface area (Å²) < 4.78 is 19.3. The smallest absolute Gasteiger partial charge is 0.147 e. The number of nitrogens with two attached hydrogens (primary N) is 1. The van der Waals surface area contributed by atoms with Crippen LogP contribution >= 0.6 is 0 Å². The maximum atomic E-state index is 13.8. The van der Waals surface area contributed by atoms with Gasteiger partial charge in [0.2, 0.25) is 0 Å². The molecule has 5 heteroatoms. The van der Waals surface area contributed by atoms with Gasteiger partial charge in [-0.2, -0.15) is 5.26 Å². The molecule has 2 N–H and O–H groups in total. The van der Waals surface area contributed by atoms with Gasteiger partial charge in [0.1, 0.15) is 24.2 Å². The third kappa shape index (κ3) is 3.31. The lowest BCUT2D eigenvalue weighted by Gasteiger charge is -2.08. The third-order valence-corrected chi connectivity index (χ3v) is 2.79. The number of nitriles is 1. The Morgan fingerprint density at radius 3 is 2.80 bits per heavy atom. The molecule has 0 fully saturated rings. The highest BCUT2D eigenvalue weighted by molar-refractivity contribution is 5.35. The maximum absolute atomic E-state index is 13.8. The Morgan fingerprint density at radius 2 is 2.15 bits per heavy atom. The Morgan fingerprint density at radius 1 is 1.30 bits per heavy atom. The van der Waals surface area contributed by atoms with Crippen LogP contribution in [0.5, 0.6) is 5.75 Å². The van der Waals surface area contributed by atoms with E-state index in [4.69, 9.17) is 15.7 Å². The van der Waals surface area contributed by atoms with Crippen LogP contribution in [0.25, 0.3) is 0 Å². The molecule has 1 heterocycles. The molecule has 0 aliphatic carbocycles. The Balaban J connectivity index is 2.04. The first-order valence-electron chi connectivity index (χ1n) is 6.20. The Labute approximate surface area is 116 Å². The van der Waals surface area contributed by atoms with Gasteiger partial charge in [-0.05, 0) is 24.7 Å². The normalized spacial score (nSPS) is 10.1. The fraction of sp³-hybridized carbons (Fsp3) is 0.200. The third-order valence-electron chi connectivity index (χ3n) is 2.79. The highest BCUT2D eigenvalue weighted by atomic mass is 19.1. The van der Waals surface area contributed by atoms with Crippen LogP contribution in [-0.4, -0.2) is 11.5 Å². The van der Waals surface area contributed by atoms with E-state index in [9.17, 15) is 4.39 Å². The molecule has 0 atom stereocenters. The highest BCUT2D eigenvalue weighted by Gasteiger charge is 2.08. The van der Waals surface area contributed by atoms with Crippen molar-refractivity contribution in [1.82, 2.24) is 4.98 Å². The highest BCUT2D eigenvalue weighted by Crippen LogP contribution is 2.16. The zero-order valence-electron chi connectivity index (χ0n) is 10.8. The van der Waals surface area contributed by atoms with E-state index >= 15 is 0 Å². The molecule has 0 radical (unpaired) electrons. The van der Waals surface area contributed by atoms with Gasteiger partial charge in [-0.15, -0.1) is 0 Å². The lowest BCUT2D eigenvalue weighted by molar-refractivity contribution is 0.298. The molecule has 4 nitrogen and oxygen atoms in total. The van der Waals surface area contributed by atoms with Gasteiger partial charge in [0.25, 0.3) is 0 Å². The summed E-state index contributed by atoms with van der Waals surface area (Å²) >= 11 is 0. The van der Waals surface area contributed by atoms with Gasteiger partial charge in [-0.3, -0.25) is 4.98 Å². The van der Waals surface area contributed by atoms with Crippen molar-refractivity contribution in [2.24, 2.45) is 5.73 Å². The minimum Gasteiger partial charge on any atom is -0.487 e. The van der Waals surface area contributed by atoms with Crippen LogP contribution in [-0.2, 0) is 13.0 Å². The summed E-state index contributed by atoms with van der Waals surface area (Å²) in [4.78, 5) is 4.19. The number of hydrogen-bond acceptors (Lipinski definition) is 4. The maximum Gasteiger partial charge on any atom is 0.147 e. The molecule has 0 aliphatic heterocycles. The van der Waals surface area contributed by atoms with E-state index in [0.717, 1.165) is 5.69 Å². The monoisotopic (exact) mass is 271 g/mol. The average Bonchev–Trinajstić information content (AvgIpc) is 2.48. The second-order valence-electron chi connectivity index (χ2n) is 4.20. The SMILES string of the molecule is N#Cc1cccc(COc2ccc(CCN)nc2)c1F. The van der Waals surface area contributed by atoms with Crippen LogP contribution < -0.4 is 10.5 Å².